The predicted molar refractivity (Wildman–Crippen MR) is 110 cm³/mol. The fraction of sp³-hybridized carbons (Fsp3) is 0.227. The number of nitrogens with one attached hydrogen (secondary N) is 1. The first kappa shape index (κ1) is 22.2. The third-order valence-electron chi connectivity index (χ3n) is 5.04. The molecule has 1 N–H and O–H groups in total. The van der Waals surface area contributed by atoms with Crippen molar-refractivity contribution in [2.75, 3.05) is 0 Å². The van der Waals surface area contributed by atoms with Gasteiger partial charge < -0.3 is 10.1 Å². The second kappa shape index (κ2) is 8.85. The molecule has 0 radical (unpaired) electrons. The molecular weight excluding hydrogens is 441 g/mol. The van der Waals surface area contributed by atoms with Crippen LogP contribution in [-0.2, 0) is 4.79 Å². The number of amides is 1. The molecule has 0 bridgehead atoms. The number of carbonyl (C=O) groups is 2. The molecule has 1 fully saturated rings. The van der Waals surface area contributed by atoms with Gasteiger partial charge in [0.1, 0.15) is 11.3 Å². The normalized spacial score (nSPS) is 16.0. The van der Waals surface area contributed by atoms with Crippen molar-refractivity contribution in [1.29, 1.82) is 0 Å². The summed E-state index contributed by atoms with van der Waals surface area (Å²) in [5.41, 5.74) is -0.216. The van der Waals surface area contributed by atoms with Gasteiger partial charge in [0.2, 0.25) is 0 Å². The van der Waals surface area contributed by atoms with Crippen molar-refractivity contribution in [2.45, 2.75) is 31.7 Å². The highest BCUT2D eigenvalue weighted by Gasteiger charge is 2.31. The number of halogens is 3. The van der Waals surface area contributed by atoms with Crippen LogP contribution in [0.2, 0.25) is 0 Å². The fourth-order valence-electron chi connectivity index (χ4n) is 3.48. The quantitative estimate of drug-likeness (QED) is 0.631. The average molecular weight is 458 g/mol. The molecule has 11 heteroatoms. The molecule has 0 saturated heterocycles. The van der Waals surface area contributed by atoms with E-state index in [1.165, 1.54) is 30.6 Å². The van der Waals surface area contributed by atoms with Gasteiger partial charge in [-0.1, -0.05) is 0 Å². The van der Waals surface area contributed by atoms with E-state index in [4.69, 9.17) is 0 Å². The van der Waals surface area contributed by atoms with E-state index in [9.17, 15) is 27.6 Å². The monoisotopic (exact) mass is 458 g/mol. The minimum absolute atomic E-state index is 0.106. The van der Waals surface area contributed by atoms with Crippen molar-refractivity contribution in [3.8, 4) is 22.7 Å². The number of benzene rings is 1. The van der Waals surface area contributed by atoms with Crippen molar-refractivity contribution in [1.82, 2.24) is 20.1 Å². The van der Waals surface area contributed by atoms with E-state index >= 15 is 0 Å². The number of ether oxygens (including phenoxy) is 1. The number of carbonyl (C=O) groups excluding carboxylic acids is 2. The van der Waals surface area contributed by atoms with Crippen LogP contribution in [0.15, 0.2) is 59.7 Å². The Balaban J connectivity index is 1.75. The van der Waals surface area contributed by atoms with E-state index in [0.717, 1.165) is 16.8 Å². The predicted octanol–water partition coefficient (Wildman–Crippen LogP) is 3.04. The van der Waals surface area contributed by atoms with E-state index in [2.05, 4.69) is 20.1 Å². The molecule has 2 aromatic heterocycles. The summed E-state index contributed by atoms with van der Waals surface area (Å²) in [6.45, 7) is 0. The molecule has 1 saturated carbocycles. The number of ketones is 1. The second-order valence-electron chi connectivity index (χ2n) is 7.33. The summed E-state index contributed by atoms with van der Waals surface area (Å²) in [5.74, 6) is -1.27. The van der Waals surface area contributed by atoms with Gasteiger partial charge in [-0.05, 0) is 55.3 Å². The van der Waals surface area contributed by atoms with Crippen molar-refractivity contribution in [2.24, 2.45) is 0 Å². The van der Waals surface area contributed by atoms with Gasteiger partial charge in [-0.2, -0.15) is 9.78 Å². The summed E-state index contributed by atoms with van der Waals surface area (Å²) < 4.78 is 42.2. The molecule has 2 heterocycles. The Bertz CT molecular complexity index is 1240. The van der Waals surface area contributed by atoms with Crippen molar-refractivity contribution >= 4 is 11.7 Å². The fourth-order valence-corrected chi connectivity index (χ4v) is 3.48. The Morgan fingerprint density at radius 2 is 1.91 bits per heavy atom. The Labute approximate surface area is 185 Å². The minimum atomic E-state index is -4.84. The third-order valence-corrected chi connectivity index (χ3v) is 5.04. The van der Waals surface area contributed by atoms with Gasteiger partial charge in [-0.15, -0.1) is 13.2 Å². The lowest BCUT2D eigenvalue weighted by Gasteiger charge is -2.14. The summed E-state index contributed by atoms with van der Waals surface area (Å²) in [7, 11) is 0. The van der Waals surface area contributed by atoms with Crippen LogP contribution < -0.4 is 15.6 Å². The van der Waals surface area contributed by atoms with Crippen molar-refractivity contribution < 1.29 is 27.5 Å². The number of nitrogens with zero attached hydrogens (tertiary/aromatic N) is 3. The van der Waals surface area contributed by atoms with Crippen LogP contribution in [0, 0.1) is 0 Å². The number of alkyl halides is 3. The number of rotatable bonds is 5. The first-order valence-electron chi connectivity index (χ1n) is 9.96. The number of pyridine rings is 1. The van der Waals surface area contributed by atoms with E-state index in [-0.39, 0.29) is 22.7 Å². The molecule has 3 aromatic rings. The third kappa shape index (κ3) is 5.08. The van der Waals surface area contributed by atoms with Crippen LogP contribution in [-0.4, -0.2) is 38.9 Å². The van der Waals surface area contributed by atoms with Gasteiger partial charge in [0, 0.05) is 18.2 Å². The minimum Gasteiger partial charge on any atom is -0.406 e. The summed E-state index contributed by atoms with van der Waals surface area (Å²) in [5, 5.41) is 6.85. The molecule has 33 heavy (non-hydrogen) atoms. The molecule has 1 atom stereocenters. The van der Waals surface area contributed by atoms with Gasteiger partial charge in [-0.3, -0.25) is 19.4 Å². The first-order valence-corrected chi connectivity index (χ1v) is 9.96. The molecule has 170 valence electrons. The number of Topliss-reactive ketones (excluding diaryl/α,β-unsaturated/α-hetero) is 1. The second-order valence-corrected chi connectivity index (χ2v) is 7.33. The maximum Gasteiger partial charge on any atom is 0.573 e. The summed E-state index contributed by atoms with van der Waals surface area (Å²) in [4.78, 5) is 41.8. The van der Waals surface area contributed by atoms with Gasteiger partial charge in [0.15, 0.2) is 5.78 Å². The molecule has 0 spiro atoms. The SMILES string of the molecule is O=C(N[C@H]1CCCC1=O)c1cc(-c2ccc(OC(F)(F)F)cc2)nn(-c2cccnc2)c1=O. The van der Waals surface area contributed by atoms with Crippen LogP contribution in [0.1, 0.15) is 29.6 Å². The van der Waals surface area contributed by atoms with E-state index in [1.807, 2.05) is 0 Å². The van der Waals surface area contributed by atoms with Crippen LogP contribution in [0.25, 0.3) is 16.9 Å². The van der Waals surface area contributed by atoms with Crippen LogP contribution >= 0.6 is 0 Å². The van der Waals surface area contributed by atoms with Crippen molar-refractivity contribution in [3.63, 3.8) is 0 Å². The number of hydrogen-bond acceptors (Lipinski definition) is 6. The van der Waals surface area contributed by atoms with E-state index in [1.54, 1.807) is 12.1 Å². The molecule has 4 rings (SSSR count). The van der Waals surface area contributed by atoms with Crippen LogP contribution in [0.4, 0.5) is 13.2 Å². The maximum atomic E-state index is 13.0. The molecule has 1 aromatic carbocycles. The highest BCUT2D eigenvalue weighted by atomic mass is 19.4. The van der Waals surface area contributed by atoms with Gasteiger partial charge in [0.05, 0.1) is 23.6 Å². The van der Waals surface area contributed by atoms with Crippen molar-refractivity contribution in [3.05, 3.63) is 70.8 Å². The zero-order chi connectivity index (χ0) is 23.6. The molecular formula is C22H17F3N4O4. The number of aromatic nitrogens is 3. The molecule has 0 unspecified atom stereocenters. The number of hydrogen-bond donors (Lipinski definition) is 1. The van der Waals surface area contributed by atoms with Gasteiger partial charge in [-0.25, -0.2) is 0 Å². The van der Waals surface area contributed by atoms with E-state index in [0.29, 0.717) is 24.8 Å². The Kier molecular flexibility index (Phi) is 5.95. The summed E-state index contributed by atoms with van der Waals surface area (Å²) in [6, 6.07) is 8.56. The topological polar surface area (TPSA) is 103 Å². The van der Waals surface area contributed by atoms with Crippen LogP contribution in [0.5, 0.6) is 5.75 Å². The summed E-state index contributed by atoms with van der Waals surface area (Å²) >= 11 is 0. The molecule has 8 nitrogen and oxygen atoms in total. The zero-order valence-electron chi connectivity index (χ0n) is 17.0. The Hall–Kier alpha value is -4.02. The highest BCUT2D eigenvalue weighted by Crippen LogP contribution is 2.26. The lowest BCUT2D eigenvalue weighted by Crippen LogP contribution is -2.41. The highest BCUT2D eigenvalue weighted by molar-refractivity contribution is 5.98. The molecule has 1 aliphatic rings. The first-order chi connectivity index (χ1) is 15.7. The lowest BCUT2D eigenvalue weighted by molar-refractivity contribution is -0.274. The van der Waals surface area contributed by atoms with Gasteiger partial charge in [0.25, 0.3) is 11.5 Å². The Morgan fingerprint density at radius 3 is 2.52 bits per heavy atom. The average Bonchev–Trinajstić information content (AvgIpc) is 3.18. The Morgan fingerprint density at radius 1 is 1.15 bits per heavy atom. The molecule has 1 amide bonds. The zero-order valence-corrected chi connectivity index (χ0v) is 17.0. The standard InChI is InChI=1S/C22H17F3N4O4/c23-22(24,25)33-15-8-6-13(7-9-15)18-11-16(20(31)27-17-4-1-5-19(17)30)21(32)29(28-18)14-3-2-10-26-12-14/h2-3,6-12,17H,1,4-5H2,(H,27,31)/t17-/m0/s1. The van der Waals surface area contributed by atoms with Gasteiger partial charge >= 0.3 is 6.36 Å². The molecule has 0 aliphatic heterocycles. The largest absolute Gasteiger partial charge is 0.573 e. The van der Waals surface area contributed by atoms with Crippen LogP contribution in [0.3, 0.4) is 0 Å². The summed E-state index contributed by atoms with van der Waals surface area (Å²) in [6.07, 6.45) is -0.468. The smallest absolute Gasteiger partial charge is 0.406 e. The van der Waals surface area contributed by atoms with E-state index < -0.39 is 29.6 Å². The lowest BCUT2D eigenvalue weighted by atomic mass is 10.1. The maximum absolute atomic E-state index is 13.0. The molecule has 1 aliphatic carbocycles.